The van der Waals surface area contributed by atoms with Crippen molar-refractivity contribution < 1.29 is 0 Å². The van der Waals surface area contributed by atoms with E-state index in [4.69, 9.17) is 0 Å². The van der Waals surface area contributed by atoms with Crippen molar-refractivity contribution >= 4 is 9.24 Å². The van der Waals surface area contributed by atoms with Gasteiger partial charge in [0, 0.05) is 12.1 Å². The fourth-order valence-corrected chi connectivity index (χ4v) is 1.29. The summed E-state index contributed by atoms with van der Waals surface area (Å²) in [5.74, 6) is 0. The third-order valence-corrected chi connectivity index (χ3v) is 1.92. The lowest BCUT2D eigenvalue weighted by atomic mass is 10.2. The molecule has 0 aliphatic heterocycles. The van der Waals surface area contributed by atoms with Gasteiger partial charge in [-0.1, -0.05) is 20.8 Å². The SMILES string of the molecule is CCC(CP)NC(C)C. The monoisotopic (exact) mass is 147 g/mol. The molecule has 0 saturated carbocycles. The van der Waals surface area contributed by atoms with Gasteiger partial charge in [0.25, 0.3) is 0 Å². The first-order chi connectivity index (χ1) is 4.20. The molecule has 2 heteroatoms. The fourth-order valence-electron chi connectivity index (χ4n) is 0.824. The second-order valence-electron chi connectivity index (χ2n) is 2.66. The van der Waals surface area contributed by atoms with Gasteiger partial charge < -0.3 is 5.32 Å². The van der Waals surface area contributed by atoms with Crippen LogP contribution in [0.5, 0.6) is 0 Å². The van der Waals surface area contributed by atoms with Crippen LogP contribution >= 0.6 is 9.24 Å². The number of rotatable bonds is 4. The summed E-state index contributed by atoms with van der Waals surface area (Å²) in [5.41, 5.74) is 0. The Morgan fingerprint density at radius 3 is 2.11 bits per heavy atom. The van der Waals surface area contributed by atoms with Crippen molar-refractivity contribution in [2.75, 3.05) is 6.16 Å². The van der Waals surface area contributed by atoms with Crippen LogP contribution in [0.1, 0.15) is 27.2 Å². The van der Waals surface area contributed by atoms with Crippen molar-refractivity contribution in [3.05, 3.63) is 0 Å². The molecular weight excluding hydrogens is 129 g/mol. The Kier molecular flexibility index (Phi) is 5.42. The minimum absolute atomic E-state index is 0.621. The lowest BCUT2D eigenvalue weighted by molar-refractivity contribution is 0.485. The molecule has 9 heavy (non-hydrogen) atoms. The van der Waals surface area contributed by atoms with Gasteiger partial charge in [0.2, 0.25) is 0 Å². The molecule has 1 N–H and O–H groups in total. The normalized spacial score (nSPS) is 14.3. The molecule has 2 atom stereocenters. The van der Waals surface area contributed by atoms with Crippen LogP contribution in [0, 0.1) is 0 Å². The highest BCUT2D eigenvalue weighted by Crippen LogP contribution is 1.97. The van der Waals surface area contributed by atoms with Gasteiger partial charge in [-0.05, 0) is 12.6 Å². The van der Waals surface area contributed by atoms with Gasteiger partial charge in [0.05, 0.1) is 0 Å². The van der Waals surface area contributed by atoms with Crippen LogP contribution < -0.4 is 5.32 Å². The Morgan fingerprint density at radius 1 is 1.44 bits per heavy atom. The molecule has 0 fully saturated rings. The van der Waals surface area contributed by atoms with E-state index in [1.807, 2.05) is 0 Å². The molecule has 0 rings (SSSR count). The lowest BCUT2D eigenvalue weighted by Gasteiger charge is -2.17. The summed E-state index contributed by atoms with van der Waals surface area (Å²) >= 11 is 0. The molecule has 0 aromatic carbocycles. The van der Waals surface area contributed by atoms with Crippen LogP contribution in [0.2, 0.25) is 0 Å². The van der Waals surface area contributed by atoms with Crippen LogP contribution in [-0.4, -0.2) is 18.2 Å². The molecule has 0 aromatic rings. The molecule has 0 aromatic heterocycles. The first kappa shape index (κ1) is 9.39. The van der Waals surface area contributed by atoms with Crippen molar-refractivity contribution in [2.45, 2.75) is 39.3 Å². The second kappa shape index (κ2) is 5.20. The molecule has 0 aliphatic rings. The van der Waals surface area contributed by atoms with E-state index in [-0.39, 0.29) is 0 Å². The Hall–Kier alpha value is 0.390. The van der Waals surface area contributed by atoms with E-state index in [0.717, 1.165) is 6.16 Å². The summed E-state index contributed by atoms with van der Waals surface area (Å²) in [4.78, 5) is 0. The summed E-state index contributed by atoms with van der Waals surface area (Å²) < 4.78 is 0. The Labute approximate surface area is 60.8 Å². The predicted molar refractivity (Wildman–Crippen MR) is 46.9 cm³/mol. The van der Waals surface area contributed by atoms with Gasteiger partial charge in [-0.2, -0.15) is 0 Å². The van der Waals surface area contributed by atoms with Crippen molar-refractivity contribution in [1.82, 2.24) is 5.32 Å². The van der Waals surface area contributed by atoms with E-state index in [2.05, 4.69) is 35.3 Å². The zero-order valence-corrected chi connectivity index (χ0v) is 7.80. The molecule has 0 spiro atoms. The van der Waals surface area contributed by atoms with Gasteiger partial charge >= 0.3 is 0 Å². The number of hydrogen-bond acceptors (Lipinski definition) is 1. The van der Waals surface area contributed by atoms with E-state index in [1.165, 1.54) is 6.42 Å². The first-order valence-corrected chi connectivity index (χ1v) is 4.48. The van der Waals surface area contributed by atoms with Crippen LogP contribution in [-0.2, 0) is 0 Å². The third-order valence-electron chi connectivity index (χ3n) is 1.35. The van der Waals surface area contributed by atoms with Crippen LogP contribution in [0.4, 0.5) is 0 Å². The highest BCUT2D eigenvalue weighted by molar-refractivity contribution is 7.16. The highest BCUT2D eigenvalue weighted by atomic mass is 31.0. The van der Waals surface area contributed by atoms with E-state index < -0.39 is 0 Å². The molecule has 0 heterocycles. The second-order valence-corrected chi connectivity index (χ2v) is 3.13. The maximum Gasteiger partial charge on any atom is 0.0101 e. The van der Waals surface area contributed by atoms with E-state index in [0.29, 0.717) is 12.1 Å². The minimum atomic E-state index is 0.621. The van der Waals surface area contributed by atoms with E-state index in [9.17, 15) is 0 Å². The molecule has 1 nitrogen and oxygen atoms in total. The fraction of sp³-hybridized carbons (Fsp3) is 1.00. The third kappa shape index (κ3) is 4.87. The van der Waals surface area contributed by atoms with Crippen LogP contribution in [0.3, 0.4) is 0 Å². The van der Waals surface area contributed by atoms with Crippen molar-refractivity contribution in [3.8, 4) is 0 Å². The average Bonchev–Trinajstić information content (AvgIpc) is 1.82. The van der Waals surface area contributed by atoms with Gasteiger partial charge in [-0.3, -0.25) is 0 Å². The summed E-state index contributed by atoms with van der Waals surface area (Å²) in [7, 11) is 2.77. The predicted octanol–water partition coefficient (Wildman–Crippen LogP) is 1.64. The van der Waals surface area contributed by atoms with Crippen molar-refractivity contribution in [1.29, 1.82) is 0 Å². The Balaban J connectivity index is 3.31. The molecule has 0 bridgehead atoms. The van der Waals surface area contributed by atoms with Crippen LogP contribution in [0.25, 0.3) is 0 Å². The van der Waals surface area contributed by atoms with Crippen molar-refractivity contribution in [3.63, 3.8) is 0 Å². The smallest absolute Gasteiger partial charge is 0.0101 e. The number of nitrogens with one attached hydrogen (secondary N) is 1. The largest absolute Gasteiger partial charge is 0.311 e. The van der Waals surface area contributed by atoms with Gasteiger partial charge in [0.15, 0.2) is 0 Å². The van der Waals surface area contributed by atoms with E-state index in [1.54, 1.807) is 0 Å². The molecule has 0 radical (unpaired) electrons. The van der Waals surface area contributed by atoms with Crippen LogP contribution in [0.15, 0.2) is 0 Å². The zero-order valence-electron chi connectivity index (χ0n) is 6.65. The van der Waals surface area contributed by atoms with E-state index >= 15 is 0 Å². The summed E-state index contributed by atoms with van der Waals surface area (Å²) in [6, 6.07) is 1.31. The quantitative estimate of drug-likeness (QED) is 0.596. The molecular formula is C7H18NP. The summed E-state index contributed by atoms with van der Waals surface area (Å²) in [6.45, 7) is 6.58. The topological polar surface area (TPSA) is 12.0 Å². The summed E-state index contributed by atoms with van der Waals surface area (Å²) in [6.07, 6.45) is 2.39. The van der Waals surface area contributed by atoms with Gasteiger partial charge in [-0.25, -0.2) is 0 Å². The lowest BCUT2D eigenvalue weighted by Crippen LogP contribution is -2.35. The average molecular weight is 147 g/mol. The maximum absolute atomic E-state index is 3.46. The van der Waals surface area contributed by atoms with Gasteiger partial charge in [-0.15, -0.1) is 9.24 Å². The van der Waals surface area contributed by atoms with Crippen molar-refractivity contribution in [2.24, 2.45) is 0 Å². The molecule has 0 aliphatic carbocycles. The molecule has 56 valence electrons. The molecule has 0 saturated heterocycles. The first-order valence-electron chi connectivity index (χ1n) is 3.66. The molecule has 0 amide bonds. The molecule has 2 unspecified atom stereocenters. The Bertz CT molecular complexity index is 59.9. The maximum atomic E-state index is 3.46. The highest BCUT2D eigenvalue weighted by Gasteiger charge is 2.02. The number of hydrogen-bond donors (Lipinski definition) is 1. The van der Waals surface area contributed by atoms with Gasteiger partial charge in [0.1, 0.15) is 0 Å². The zero-order chi connectivity index (χ0) is 7.28. The summed E-state index contributed by atoms with van der Waals surface area (Å²) in [5, 5.41) is 3.46. The minimum Gasteiger partial charge on any atom is -0.311 e. The standard InChI is InChI=1S/C7H18NP/c1-4-7(5-9)8-6(2)3/h6-8H,4-5,9H2,1-3H3. The Morgan fingerprint density at radius 2 is 2.00 bits per heavy atom.